The number of ether oxygens (including phenoxy) is 1. The lowest BCUT2D eigenvalue weighted by Crippen LogP contribution is -2.18. The molecule has 0 saturated carbocycles. The Labute approximate surface area is 103 Å². The Hall–Kier alpha value is -2.01. The minimum Gasteiger partial charge on any atom is -0.495 e. The van der Waals surface area contributed by atoms with Crippen LogP contribution in [-0.4, -0.2) is 22.7 Å². The maximum Gasteiger partial charge on any atom is 0.331 e. The largest absolute Gasteiger partial charge is 0.495 e. The lowest BCUT2D eigenvalue weighted by molar-refractivity contribution is 0.253. The number of rotatable bonds is 2. The Balaban J connectivity index is 2.23. The number of hydrogen-bond acceptors (Lipinski definition) is 3. The fourth-order valence-electron chi connectivity index (χ4n) is 1.34. The third-order valence-corrected chi connectivity index (χ3v) is 2.38. The molecule has 2 aromatic rings. The number of hydrogen-bond donors (Lipinski definition) is 1. The molecular formula is C11H10ClN3O2. The second-order valence-corrected chi connectivity index (χ2v) is 3.68. The fraction of sp³-hybridized carbons (Fsp3) is 0.0909. The highest BCUT2D eigenvalue weighted by Crippen LogP contribution is 2.27. The predicted octanol–water partition coefficient (Wildman–Crippen LogP) is 2.63. The number of imidazole rings is 1. The van der Waals surface area contributed by atoms with Crippen LogP contribution in [0.3, 0.4) is 0 Å². The lowest BCUT2D eigenvalue weighted by atomic mass is 10.3. The van der Waals surface area contributed by atoms with Crippen molar-refractivity contribution in [3.8, 4) is 5.75 Å². The van der Waals surface area contributed by atoms with Crippen LogP contribution < -0.4 is 10.1 Å². The molecule has 1 N–H and O–H groups in total. The Morgan fingerprint density at radius 2 is 2.35 bits per heavy atom. The van der Waals surface area contributed by atoms with Crippen LogP contribution in [0.1, 0.15) is 0 Å². The Bertz CT molecular complexity index is 526. The molecule has 0 spiro atoms. The van der Waals surface area contributed by atoms with Crippen molar-refractivity contribution in [3.63, 3.8) is 0 Å². The SMILES string of the molecule is COc1ccc(Cl)cc1NC(=O)n1ccnc1. The van der Waals surface area contributed by atoms with E-state index in [9.17, 15) is 4.79 Å². The van der Waals surface area contributed by atoms with E-state index >= 15 is 0 Å². The van der Waals surface area contributed by atoms with Crippen molar-refractivity contribution >= 4 is 23.3 Å². The van der Waals surface area contributed by atoms with Gasteiger partial charge in [-0.15, -0.1) is 0 Å². The second kappa shape index (κ2) is 4.88. The molecule has 0 aliphatic rings. The standard InChI is InChI=1S/C11H10ClN3O2/c1-17-10-3-2-8(12)6-9(10)14-11(16)15-5-4-13-7-15/h2-7H,1H3,(H,14,16). The van der Waals surface area contributed by atoms with Crippen LogP contribution in [-0.2, 0) is 0 Å². The number of nitrogens with one attached hydrogen (secondary N) is 1. The van der Waals surface area contributed by atoms with E-state index in [1.807, 2.05) is 0 Å². The van der Waals surface area contributed by atoms with Gasteiger partial charge in [0, 0.05) is 17.4 Å². The highest BCUT2D eigenvalue weighted by Gasteiger charge is 2.09. The van der Waals surface area contributed by atoms with Crippen molar-refractivity contribution < 1.29 is 9.53 Å². The molecule has 1 aromatic heterocycles. The Morgan fingerprint density at radius 3 is 3.00 bits per heavy atom. The minimum atomic E-state index is -0.330. The molecule has 0 aliphatic heterocycles. The van der Waals surface area contributed by atoms with Gasteiger partial charge in [0.15, 0.2) is 0 Å². The second-order valence-electron chi connectivity index (χ2n) is 3.24. The number of aromatic nitrogens is 2. The van der Waals surface area contributed by atoms with Crippen LogP contribution >= 0.6 is 11.6 Å². The van der Waals surface area contributed by atoms with Crippen molar-refractivity contribution in [3.05, 3.63) is 41.9 Å². The van der Waals surface area contributed by atoms with Crippen molar-refractivity contribution in [2.24, 2.45) is 0 Å². The highest BCUT2D eigenvalue weighted by molar-refractivity contribution is 6.31. The number of methoxy groups -OCH3 is 1. The molecular weight excluding hydrogens is 242 g/mol. The van der Waals surface area contributed by atoms with Gasteiger partial charge >= 0.3 is 6.03 Å². The van der Waals surface area contributed by atoms with Gasteiger partial charge in [-0.05, 0) is 18.2 Å². The Kier molecular flexibility index (Phi) is 3.30. The van der Waals surface area contributed by atoms with E-state index in [0.29, 0.717) is 16.5 Å². The van der Waals surface area contributed by atoms with Gasteiger partial charge in [-0.25, -0.2) is 9.78 Å². The first kappa shape index (κ1) is 11.5. The molecule has 88 valence electrons. The van der Waals surface area contributed by atoms with E-state index in [2.05, 4.69) is 10.3 Å². The summed E-state index contributed by atoms with van der Waals surface area (Å²) in [7, 11) is 1.52. The summed E-state index contributed by atoms with van der Waals surface area (Å²) >= 11 is 5.86. The topological polar surface area (TPSA) is 56.1 Å². The number of nitrogens with zero attached hydrogens (tertiary/aromatic N) is 2. The minimum absolute atomic E-state index is 0.330. The van der Waals surface area contributed by atoms with Gasteiger partial charge in [0.2, 0.25) is 0 Å². The normalized spacial score (nSPS) is 10.0. The molecule has 0 aliphatic carbocycles. The molecule has 0 radical (unpaired) electrons. The quantitative estimate of drug-likeness (QED) is 0.893. The molecule has 0 fully saturated rings. The molecule has 2 rings (SSSR count). The van der Waals surface area contributed by atoms with E-state index in [4.69, 9.17) is 16.3 Å². The van der Waals surface area contributed by atoms with Crippen LogP contribution in [0.15, 0.2) is 36.9 Å². The van der Waals surface area contributed by atoms with Gasteiger partial charge in [0.05, 0.1) is 12.8 Å². The van der Waals surface area contributed by atoms with E-state index < -0.39 is 0 Å². The van der Waals surface area contributed by atoms with Crippen LogP contribution in [0.4, 0.5) is 10.5 Å². The monoisotopic (exact) mass is 251 g/mol. The molecule has 0 bridgehead atoms. The zero-order valence-electron chi connectivity index (χ0n) is 9.05. The smallest absolute Gasteiger partial charge is 0.331 e. The molecule has 0 atom stereocenters. The van der Waals surface area contributed by atoms with Gasteiger partial charge in [-0.3, -0.25) is 4.57 Å². The van der Waals surface area contributed by atoms with E-state index in [-0.39, 0.29) is 6.03 Å². The molecule has 1 aromatic carbocycles. The summed E-state index contributed by atoms with van der Waals surface area (Å²) in [6, 6.07) is 4.66. The fourth-order valence-corrected chi connectivity index (χ4v) is 1.51. The van der Waals surface area contributed by atoms with Gasteiger partial charge in [0.25, 0.3) is 0 Å². The number of anilines is 1. The average Bonchev–Trinajstić information content (AvgIpc) is 2.83. The van der Waals surface area contributed by atoms with Crippen LogP contribution in [0.25, 0.3) is 0 Å². The molecule has 6 heteroatoms. The van der Waals surface area contributed by atoms with Gasteiger partial charge < -0.3 is 10.1 Å². The van der Waals surface area contributed by atoms with Crippen molar-refractivity contribution in [2.75, 3.05) is 12.4 Å². The van der Waals surface area contributed by atoms with E-state index in [1.54, 1.807) is 24.4 Å². The maximum atomic E-state index is 11.8. The predicted molar refractivity (Wildman–Crippen MR) is 64.6 cm³/mol. The number of halogens is 1. The summed E-state index contributed by atoms with van der Waals surface area (Å²) in [5.74, 6) is 0.544. The van der Waals surface area contributed by atoms with Gasteiger partial charge in [-0.1, -0.05) is 11.6 Å². The van der Waals surface area contributed by atoms with Gasteiger partial charge in [-0.2, -0.15) is 0 Å². The van der Waals surface area contributed by atoms with Crippen molar-refractivity contribution in [1.82, 2.24) is 9.55 Å². The lowest BCUT2D eigenvalue weighted by Gasteiger charge is -2.10. The first-order valence-corrected chi connectivity index (χ1v) is 5.21. The highest BCUT2D eigenvalue weighted by atomic mass is 35.5. The molecule has 1 amide bonds. The summed E-state index contributed by atoms with van der Waals surface area (Å²) in [6.07, 6.45) is 4.48. The van der Waals surface area contributed by atoms with Crippen LogP contribution in [0, 0.1) is 0 Å². The third-order valence-electron chi connectivity index (χ3n) is 2.14. The first-order valence-electron chi connectivity index (χ1n) is 4.83. The van der Waals surface area contributed by atoms with Crippen molar-refractivity contribution in [1.29, 1.82) is 0 Å². The molecule has 17 heavy (non-hydrogen) atoms. The summed E-state index contributed by atoms with van der Waals surface area (Å²) in [4.78, 5) is 15.6. The van der Waals surface area contributed by atoms with Gasteiger partial charge in [0.1, 0.15) is 12.1 Å². The van der Waals surface area contributed by atoms with Crippen LogP contribution in [0.5, 0.6) is 5.75 Å². The Morgan fingerprint density at radius 1 is 1.53 bits per heavy atom. The zero-order chi connectivity index (χ0) is 12.3. The molecule has 0 unspecified atom stereocenters. The average molecular weight is 252 g/mol. The molecule has 1 heterocycles. The number of carbonyl (C=O) groups is 1. The first-order chi connectivity index (χ1) is 8.20. The molecule has 0 saturated heterocycles. The molecule has 5 nitrogen and oxygen atoms in total. The summed E-state index contributed by atoms with van der Waals surface area (Å²) < 4.78 is 6.44. The number of benzene rings is 1. The van der Waals surface area contributed by atoms with Crippen molar-refractivity contribution in [2.45, 2.75) is 0 Å². The number of carbonyl (C=O) groups excluding carboxylic acids is 1. The summed E-state index contributed by atoms with van der Waals surface area (Å²) in [5, 5.41) is 3.20. The number of amides is 1. The zero-order valence-corrected chi connectivity index (χ0v) is 9.81. The summed E-state index contributed by atoms with van der Waals surface area (Å²) in [5.41, 5.74) is 0.513. The third kappa shape index (κ3) is 2.57. The van der Waals surface area contributed by atoms with Crippen LogP contribution in [0.2, 0.25) is 5.02 Å². The van der Waals surface area contributed by atoms with E-state index in [1.165, 1.54) is 24.2 Å². The van der Waals surface area contributed by atoms with E-state index in [0.717, 1.165) is 0 Å². The summed E-state index contributed by atoms with van der Waals surface area (Å²) in [6.45, 7) is 0. The maximum absolute atomic E-state index is 11.8.